The van der Waals surface area contributed by atoms with Crippen LogP contribution in [0.2, 0.25) is 0 Å². The Hall–Kier alpha value is -2.32. The second-order valence-electron chi connectivity index (χ2n) is 4.16. The highest BCUT2D eigenvalue weighted by molar-refractivity contribution is 5.97. The molecule has 0 aromatic heterocycles. The van der Waals surface area contributed by atoms with E-state index in [9.17, 15) is 9.59 Å². The lowest BCUT2D eigenvalue weighted by molar-refractivity contribution is -0.123. The summed E-state index contributed by atoms with van der Waals surface area (Å²) in [7, 11) is 0. The number of rotatable bonds is 1. The van der Waals surface area contributed by atoms with E-state index in [1.165, 1.54) is 4.90 Å². The van der Waals surface area contributed by atoms with Gasteiger partial charge in [-0.15, -0.1) is 0 Å². The standard InChI is InChI=1S/C14H15N3O2/c15-6-2-4-11-3-1-5-12(9-11)14(19)17-8-7-16-13(18)10-17/h1,3,5,9H,6-8,10,15H2,(H,16,18). The second-order valence-corrected chi connectivity index (χ2v) is 4.16. The van der Waals surface area contributed by atoms with Gasteiger partial charge in [-0.3, -0.25) is 9.59 Å². The van der Waals surface area contributed by atoms with Crippen LogP contribution in [-0.2, 0) is 4.79 Å². The first kappa shape index (κ1) is 13.1. The van der Waals surface area contributed by atoms with Gasteiger partial charge in [-0.1, -0.05) is 17.9 Å². The highest BCUT2D eigenvalue weighted by atomic mass is 16.2. The molecule has 1 aliphatic heterocycles. The lowest BCUT2D eigenvalue weighted by Gasteiger charge is -2.26. The van der Waals surface area contributed by atoms with Crippen LogP contribution >= 0.6 is 0 Å². The van der Waals surface area contributed by atoms with E-state index < -0.39 is 0 Å². The molecule has 3 N–H and O–H groups in total. The lowest BCUT2D eigenvalue weighted by atomic mass is 10.1. The van der Waals surface area contributed by atoms with Crippen LogP contribution in [0.25, 0.3) is 0 Å². The number of hydrogen-bond acceptors (Lipinski definition) is 3. The Morgan fingerprint density at radius 3 is 3.05 bits per heavy atom. The average Bonchev–Trinajstić information content (AvgIpc) is 2.44. The van der Waals surface area contributed by atoms with Crippen molar-refractivity contribution in [2.45, 2.75) is 0 Å². The molecule has 0 aliphatic carbocycles. The van der Waals surface area contributed by atoms with Gasteiger partial charge in [0, 0.05) is 24.2 Å². The van der Waals surface area contributed by atoms with Crippen molar-refractivity contribution in [3.8, 4) is 11.8 Å². The number of nitrogens with two attached hydrogens (primary N) is 1. The Bertz CT molecular complexity index is 557. The van der Waals surface area contributed by atoms with Crippen molar-refractivity contribution in [3.05, 3.63) is 35.4 Å². The van der Waals surface area contributed by atoms with Gasteiger partial charge < -0.3 is 16.0 Å². The van der Waals surface area contributed by atoms with Gasteiger partial charge in [0.15, 0.2) is 0 Å². The van der Waals surface area contributed by atoms with E-state index in [1.807, 2.05) is 6.07 Å². The quantitative estimate of drug-likeness (QED) is 0.670. The van der Waals surface area contributed by atoms with Gasteiger partial charge in [0.1, 0.15) is 0 Å². The van der Waals surface area contributed by atoms with Crippen LogP contribution in [0.4, 0.5) is 0 Å². The molecule has 0 radical (unpaired) electrons. The zero-order chi connectivity index (χ0) is 13.7. The lowest BCUT2D eigenvalue weighted by Crippen LogP contribution is -2.49. The molecule has 0 bridgehead atoms. The van der Waals surface area contributed by atoms with E-state index in [4.69, 9.17) is 5.73 Å². The van der Waals surface area contributed by atoms with Crippen LogP contribution in [-0.4, -0.2) is 42.9 Å². The summed E-state index contributed by atoms with van der Waals surface area (Å²) in [4.78, 5) is 25.1. The molecule has 1 aromatic carbocycles. The number of carbonyl (C=O) groups is 2. The summed E-state index contributed by atoms with van der Waals surface area (Å²) >= 11 is 0. The van der Waals surface area contributed by atoms with E-state index in [0.29, 0.717) is 18.7 Å². The maximum absolute atomic E-state index is 12.2. The molecule has 1 heterocycles. The molecular weight excluding hydrogens is 242 g/mol. The normalized spacial score (nSPS) is 14.4. The fourth-order valence-electron chi connectivity index (χ4n) is 1.88. The van der Waals surface area contributed by atoms with Crippen LogP contribution < -0.4 is 11.1 Å². The minimum absolute atomic E-state index is 0.109. The van der Waals surface area contributed by atoms with Crippen molar-refractivity contribution in [1.82, 2.24) is 10.2 Å². The molecule has 0 atom stereocenters. The first-order chi connectivity index (χ1) is 9.20. The molecule has 2 amide bonds. The van der Waals surface area contributed by atoms with Gasteiger partial charge >= 0.3 is 0 Å². The van der Waals surface area contributed by atoms with E-state index in [2.05, 4.69) is 17.2 Å². The van der Waals surface area contributed by atoms with Gasteiger partial charge in [-0.25, -0.2) is 0 Å². The summed E-state index contributed by atoms with van der Waals surface area (Å²) in [5.41, 5.74) is 6.60. The van der Waals surface area contributed by atoms with Gasteiger partial charge in [0.25, 0.3) is 5.91 Å². The number of benzene rings is 1. The first-order valence-corrected chi connectivity index (χ1v) is 6.05. The van der Waals surface area contributed by atoms with Crippen LogP contribution in [0.15, 0.2) is 24.3 Å². The first-order valence-electron chi connectivity index (χ1n) is 6.05. The monoisotopic (exact) mass is 257 g/mol. The minimum Gasteiger partial charge on any atom is -0.353 e. The van der Waals surface area contributed by atoms with Crippen molar-refractivity contribution < 1.29 is 9.59 Å². The largest absolute Gasteiger partial charge is 0.353 e. The molecule has 1 fully saturated rings. The molecular formula is C14H15N3O2. The molecule has 0 spiro atoms. The maximum atomic E-state index is 12.2. The van der Waals surface area contributed by atoms with Crippen molar-refractivity contribution in [2.24, 2.45) is 5.73 Å². The molecule has 1 saturated heterocycles. The van der Waals surface area contributed by atoms with Crippen molar-refractivity contribution in [2.75, 3.05) is 26.2 Å². The number of carbonyl (C=O) groups excluding carboxylic acids is 2. The minimum atomic E-state index is -0.147. The van der Waals surface area contributed by atoms with Gasteiger partial charge in [0.2, 0.25) is 5.91 Å². The molecule has 2 rings (SSSR count). The SMILES string of the molecule is NCC#Cc1cccc(C(=O)N2CCNC(=O)C2)c1. The molecule has 98 valence electrons. The molecule has 19 heavy (non-hydrogen) atoms. The van der Waals surface area contributed by atoms with E-state index >= 15 is 0 Å². The molecule has 0 saturated carbocycles. The number of amides is 2. The Labute approximate surface area is 111 Å². The third-order valence-electron chi connectivity index (χ3n) is 2.77. The number of hydrogen-bond donors (Lipinski definition) is 2. The number of nitrogens with zero attached hydrogens (tertiary/aromatic N) is 1. The van der Waals surface area contributed by atoms with E-state index in [1.54, 1.807) is 18.2 Å². The van der Waals surface area contributed by atoms with Gasteiger partial charge in [-0.2, -0.15) is 0 Å². The molecule has 0 unspecified atom stereocenters. The van der Waals surface area contributed by atoms with Crippen molar-refractivity contribution >= 4 is 11.8 Å². The predicted molar refractivity (Wildman–Crippen MR) is 71.3 cm³/mol. The zero-order valence-electron chi connectivity index (χ0n) is 10.5. The number of piperazine rings is 1. The van der Waals surface area contributed by atoms with E-state index in [0.717, 1.165) is 5.56 Å². The van der Waals surface area contributed by atoms with Crippen LogP contribution in [0, 0.1) is 11.8 Å². The fourth-order valence-corrected chi connectivity index (χ4v) is 1.88. The molecule has 5 nitrogen and oxygen atoms in total. The summed E-state index contributed by atoms with van der Waals surface area (Å²) in [6.45, 7) is 1.42. The van der Waals surface area contributed by atoms with Crippen molar-refractivity contribution in [1.29, 1.82) is 0 Å². The van der Waals surface area contributed by atoms with Crippen molar-refractivity contribution in [3.63, 3.8) is 0 Å². The highest BCUT2D eigenvalue weighted by Crippen LogP contribution is 2.09. The summed E-state index contributed by atoms with van der Waals surface area (Å²) in [6, 6.07) is 7.04. The summed E-state index contributed by atoms with van der Waals surface area (Å²) in [6.07, 6.45) is 0. The fraction of sp³-hybridized carbons (Fsp3) is 0.286. The van der Waals surface area contributed by atoms with Gasteiger partial charge in [0.05, 0.1) is 13.1 Å². The smallest absolute Gasteiger partial charge is 0.254 e. The third kappa shape index (κ3) is 3.33. The van der Waals surface area contributed by atoms with Crippen LogP contribution in [0.5, 0.6) is 0 Å². The van der Waals surface area contributed by atoms with Gasteiger partial charge in [-0.05, 0) is 18.2 Å². The number of nitrogens with one attached hydrogen (secondary N) is 1. The topological polar surface area (TPSA) is 75.4 Å². The Morgan fingerprint density at radius 1 is 1.47 bits per heavy atom. The van der Waals surface area contributed by atoms with Crippen LogP contribution in [0.3, 0.4) is 0 Å². The molecule has 1 aromatic rings. The second kappa shape index (κ2) is 6.03. The average molecular weight is 257 g/mol. The summed E-state index contributed by atoms with van der Waals surface area (Å²) in [5, 5.41) is 2.69. The third-order valence-corrected chi connectivity index (χ3v) is 2.77. The predicted octanol–water partition coefficient (Wildman–Crippen LogP) is -0.431. The highest BCUT2D eigenvalue weighted by Gasteiger charge is 2.22. The Kier molecular flexibility index (Phi) is 4.16. The molecule has 1 aliphatic rings. The van der Waals surface area contributed by atoms with E-state index in [-0.39, 0.29) is 24.9 Å². The Balaban J connectivity index is 2.16. The maximum Gasteiger partial charge on any atom is 0.254 e. The Morgan fingerprint density at radius 2 is 2.32 bits per heavy atom. The van der Waals surface area contributed by atoms with Crippen LogP contribution in [0.1, 0.15) is 15.9 Å². The zero-order valence-corrected chi connectivity index (χ0v) is 10.5. The summed E-state index contributed by atoms with van der Waals surface area (Å²) < 4.78 is 0. The summed E-state index contributed by atoms with van der Waals surface area (Å²) in [5.74, 6) is 5.36. The molecule has 5 heteroatoms.